The number of aliphatic hydroxyl groups excluding tert-OH is 1. The molecule has 0 radical (unpaired) electrons. The van der Waals surface area contributed by atoms with E-state index < -0.39 is 0 Å². The van der Waals surface area contributed by atoms with E-state index in [4.69, 9.17) is 10.8 Å². The Bertz CT molecular complexity index is 208. The van der Waals surface area contributed by atoms with Gasteiger partial charge in [0.05, 0.1) is 0 Å². The van der Waals surface area contributed by atoms with E-state index in [2.05, 4.69) is 19.2 Å². The van der Waals surface area contributed by atoms with Crippen molar-refractivity contribution in [2.24, 2.45) is 17.6 Å². The maximum Gasteiger partial charge on any atom is 0.220 e. The number of rotatable bonds is 9. The van der Waals surface area contributed by atoms with Gasteiger partial charge in [0.2, 0.25) is 5.91 Å². The smallest absolute Gasteiger partial charge is 0.220 e. The first kappa shape index (κ1) is 16.4. The molecule has 0 aliphatic heterocycles. The van der Waals surface area contributed by atoms with Crippen LogP contribution in [0.15, 0.2) is 0 Å². The van der Waals surface area contributed by atoms with E-state index in [1.165, 1.54) is 0 Å². The van der Waals surface area contributed by atoms with Crippen LogP contribution < -0.4 is 11.1 Å². The highest BCUT2D eigenvalue weighted by molar-refractivity contribution is 5.76. The van der Waals surface area contributed by atoms with Crippen molar-refractivity contribution >= 4 is 5.91 Å². The number of hydrogen-bond acceptors (Lipinski definition) is 3. The van der Waals surface area contributed by atoms with Crippen LogP contribution in [0.3, 0.4) is 0 Å². The van der Waals surface area contributed by atoms with Crippen molar-refractivity contribution in [3.63, 3.8) is 0 Å². The minimum absolute atomic E-state index is 0.0755. The molecule has 0 heterocycles. The van der Waals surface area contributed by atoms with E-state index in [0.29, 0.717) is 18.9 Å². The molecule has 0 aromatic heterocycles. The van der Waals surface area contributed by atoms with E-state index in [-0.39, 0.29) is 24.5 Å². The summed E-state index contributed by atoms with van der Waals surface area (Å²) < 4.78 is 0. The maximum absolute atomic E-state index is 11.7. The van der Waals surface area contributed by atoms with Gasteiger partial charge in [-0.25, -0.2) is 0 Å². The van der Waals surface area contributed by atoms with Crippen LogP contribution in [0.4, 0.5) is 0 Å². The monoisotopic (exact) mass is 244 g/mol. The summed E-state index contributed by atoms with van der Waals surface area (Å²) in [6.45, 7) is 7.00. The molecule has 0 spiro atoms. The number of nitrogens with one attached hydrogen (secondary N) is 1. The zero-order valence-electron chi connectivity index (χ0n) is 11.4. The van der Waals surface area contributed by atoms with Gasteiger partial charge >= 0.3 is 0 Å². The van der Waals surface area contributed by atoms with Gasteiger partial charge in [0.1, 0.15) is 0 Å². The van der Waals surface area contributed by atoms with E-state index in [1.54, 1.807) is 0 Å². The maximum atomic E-state index is 11.7. The summed E-state index contributed by atoms with van der Waals surface area (Å²) in [6.07, 6.45) is 3.06. The fourth-order valence-corrected chi connectivity index (χ4v) is 2.00. The van der Waals surface area contributed by atoms with Crippen LogP contribution in [0.1, 0.15) is 46.5 Å². The number of amides is 1. The summed E-state index contributed by atoms with van der Waals surface area (Å²) in [4.78, 5) is 11.7. The van der Waals surface area contributed by atoms with Gasteiger partial charge in [0.25, 0.3) is 0 Å². The molecule has 4 N–H and O–H groups in total. The van der Waals surface area contributed by atoms with Gasteiger partial charge in [-0.15, -0.1) is 0 Å². The van der Waals surface area contributed by atoms with Crippen LogP contribution in [-0.4, -0.2) is 30.2 Å². The van der Waals surface area contributed by atoms with Gasteiger partial charge in [-0.1, -0.05) is 13.8 Å². The molecule has 0 aromatic rings. The summed E-state index contributed by atoms with van der Waals surface area (Å²) in [6, 6.07) is 0.132. The Morgan fingerprint density at radius 1 is 1.35 bits per heavy atom. The predicted molar refractivity (Wildman–Crippen MR) is 70.5 cm³/mol. The number of carbonyl (C=O) groups excluding carboxylic acids is 1. The van der Waals surface area contributed by atoms with Crippen molar-refractivity contribution < 1.29 is 9.90 Å². The molecule has 0 saturated heterocycles. The summed E-state index contributed by atoms with van der Waals surface area (Å²) in [5.74, 6) is 0.926. The van der Waals surface area contributed by atoms with Gasteiger partial charge in [-0.2, -0.15) is 0 Å². The highest BCUT2D eigenvalue weighted by Crippen LogP contribution is 2.14. The number of carbonyl (C=O) groups is 1. The molecule has 0 aliphatic rings. The summed E-state index contributed by atoms with van der Waals surface area (Å²) in [7, 11) is 0. The second kappa shape index (κ2) is 9.42. The number of aliphatic hydroxyl groups is 1. The van der Waals surface area contributed by atoms with Crippen LogP contribution in [0.2, 0.25) is 0 Å². The van der Waals surface area contributed by atoms with Crippen molar-refractivity contribution in [1.82, 2.24) is 5.32 Å². The third kappa shape index (κ3) is 9.12. The van der Waals surface area contributed by atoms with Crippen LogP contribution in [0.5, 0.6) is 0 Å². The normalized spacial score (nSPS) is 14.7. The van der Waals surface area contributed by atoms with E-state index in [1.807, 2.05) is 6.92 Å². The van der Waals surface area contributed by atoms with Gasteiger partial charge in [-0.3, -0.25) is 4.79 Å². The molecule has 17 heavy (non-hydrogen) atoms. The molecule has 4 heteroatoms. The molecule has 0 saturated carbocycles. The lowest BCUT2D eigenvalue weighted by Gasteiger charge is -2.19. The van der Waals surface area contributed by atoms with Crippen molar-refractivity contribution in [3.05, 3.63) is 0 Å². The van der Waals surface area contributed by atoms with Crippen molar-refractivity contribution in [2.45, 2.75) is 52.5 Å². The van der Waals surface area contributed by atoms with Crippen molar-refractivity contribution in [3.8, 4) is 0 Å². The van der Waals surface area contributed by atoms with Crippen molar-refractivity contribution in [2.75, 3.05) is 13.2 Å². The van der Waals surface area contributed by atoms with Gasteiger partial charge in [-0.05, 0) is 44.6 Å². The Morgan fingerprint density at radius 2 is 2.00 bits per heavy atom. The first-order valence-electron chi connectivity index (χ1n) is 6.59. The minimum atomic E-state index is 0.0755. The van der Waals surface area contributed by atoms with Gasteiger partial charge in [0, 0.05) is 19.1 Å². The Morgan fingerprint density at radius 3 is 2.47 bits per heavy atom. The lowest BCUT2D eigenvalue weighted by Crippen LogP contribution is -2.35. The van der Waals surface area contributed by atoms with Gasteiger partial charge in [0.15, 0.2) is 0 Å². The lowest BCUT2D eigenvalue weighted by atomic mass is 9.94. The third-order valence-electron chi connectivity index (χ3n) is 2.81. The highest BCUT2D eigenvalue weighted by atomic mass is 16.2. The molecule has 1 amide bonds. The molecule has 0 rings (SSSR count). The van der Waals surface area contributed by atoms with Gasteiger partial charge < -0.3 is 16.2 Å². The molecule has 0 aromatic carbocycles. The lowest BCUT2D eigenvalue weighted by molar-refractivity contribution is -0.122. The van der Waals surface area contributed by atoms with E-state index in [9.17, 15) is 4.79 Å². The molecule has 0 bridgehead atoms. The average Bonchev–Trinajstić information content (AvgIpc) is 2.24. The fraction of sp³-hybridized carbons (Fsp3) is 0.923. The molecular weight excluding hydrogens is 216 g/mol. The second-order valence-electron chi connectivity index (χ2n) is 5.27. The molecule has 2 atom stereocenters. The zero-order valence-corrected chi connectivity index (χ0v) is 11.4. The topological polar surface area (TPSA) is 75.4 Å². The van der Waals surface area contributed by atoms with Crippen LogP contribution in [0, 0.1) is 11.8 Å². The Kier molecular flexibility index (Phi) is 9.09. The van der Waals surface area contributed by atoms with Crippen molar-refractivity contribution in [1.29, 1.82) is 0 Å². The Hall–Kier alpha value is -0.610. The largest absolute Gasteiger partial charge is 0.396 e. The molecule has 0 fully saturated rings. The predicted octanol–water partition coefficient (Wildman–Crippen LogP) is 1.27. The summed E-state index contributed by atoms with van der Waals surface area (Å²) >= 11 is 0. The molecule has 0 aliphatic carbocycles. The molecular formula is C13H28N2O2. The highest BCUT2D eigenvalue weighted by Gasteiger charge is 2.15. The Labute approximate surface area is 105 Å². The average molecular weight is 244 g/mol. The minimum Gasteiger partial charge on any atom is -0.396 e. The fourth-order valence-electron chi connectivity index (χ4n) is 2.00. The van der Waals surface area contributed by atoms with Crippen LogP contribution in [-0.2, 0) is 4.79 Å². The van der Waals surface area contributed by atoms with Crippen LogP contribution >= 0.6 is 0 Å². The second-order valence-corrected chi connectivity index (χ2v) is 5.27. The van der Waals surface area contributed by atoms with E-state index in [0.717, 1.165) is 19.3 Å². The molecule has 4 nitrogen and oxygen atoms in total. The molecule has 2 unspecified atom stereocenters. The summed E-state index contributed by atoms with van der Waals surface area (Å²) in [5, 5.41) is 11.6. The zero-order chi connectivity index (χ0) is 13.3. The first-order valence-corrected chi connectivity index (χ1v) is 6.59. The SMILES string of the molecule is CC(C)CC(CN)CC(=O)NC(C)CCCO. The Balaban J connectivity index is 3.89. The third-order valence-corrected chi connectivity index (χ3v) is 2.81. The standard InChI is InChI=1S/C13H28N2O2/c1-10(2)7-12(9-14)8-13(17)15-11(3)5-4-6-16/h10-12,16H,4-9,14H2,1-3H3,(H,15,17). The first-order chi connectivity index (χ1) is 7.99. The quantitative estimate of drug-likeness (QED) is 0.572. The van der Waals surface area contributed by atoms with E-state index >= 15 is 0 Å². The molecule has 102 valence electrons. The van der Waals surface area contributed by atoms with Crippen LogP contribution in [0.25, 0.3) is 0 Å². The number of hydrogen-bond donors (Lipinski definition) is 3. The number of nitrogens with two attached hydrogens (primary N) is 1. The summed E-state index contributed by atoms with van der Waals surface area (Å²) in [5.41, 5.74) is 5.67.